The molecule has 2 aromatic rings. The minimum Gasteiger partial charge on any atom is -0.508 e. The van der Waals surface area contributed by atoms with Crippen molar-refractivity contribution in [1.29, 1.82) is 0 Å². The van der Waals surface area contributed by atoms with Crippen LogP contribution in [0, 0.1) is 6.92 Å². The Balaban J connectivity index is 1.84. The smallest absolute Gasteiger partial charge is 0.272 e. The molecule has 1 amide bonds. The summed E-state index contributed by atoms with van der Waals surface area (Å²) in [6.07, 6.45) is 4.22. The summed E-state index contributed by atoms with van der Waals surface area (Å²) >= 11 is 0. The molecule has 19 heavy (non-hydrogen) atoms. The average Bonchev–Trinajstić information content (AvgIpc) is 3.12. The van der Waals surface area contributed by atoms with E-state index < -0.39 is 0 Å². The van der Waals surface area contributed by atoms with E-state index >= 15 is 0 Å². The van der Waals surface area contributed by atoms with Gasteiger partial charge in [0, 0.05) is 23.5 Å². The number of benzene rings is 1. The van der Waals surface area contributed by atoms with Gasteiger partial charge in [-0.05, 0) is 44.0 Å². The van der Waals surface area contributed by atoms with Crippen LogP contribution in [0.15, 0.2) is 36.5 Å². The van der Waals surface area contributed by atoms with Crippen LogP contribution in [0.25, 0.3) is 0 Å². The lowest BCUT2D eigenvalue weighted by Gasteiger charge is -2.11. The van der Waals surface area contributed by atoms with Crippen molar-refractivity contribution < 1.29 is 9.90 Å². The number of nitrogens with one attached hydrogen (secondary N) is 1. The normalized spacial score (nSPS) is 14.4. The van der Waals surface area contributed by atoms with E-state index in [2.05, 4.69) is 5.32 Å². The van der Waals surface area contributed by atoms with Gasteiger partial charge in [-0.2, -0.15) is 0 Å². The molecule has 0 unspecified atom stereocenters. The van der Waals surface area contributed by atoms with Gasteiger partial charge >= 0.3 is 0 Å². The first kappa shape index (κ1) is 11.8. The quantitative estimate of drug-likeness (QED) is 0.886. The van der Waals surface area contributed by atoms with Crippen molar-refractivity contribution in [1.82, 2.24) is 4.57 Å². The molecule has 1 aliphatic carbocycles. The number of amides is 1. The molecule has 0 spiro atoms. The third kappa shape index (κ3) is 2.21. The summed E-state index contributed by atoms with van der Waals surface area (Å²) in [6.45, 7) is 1.78. The topological polar surface area (TPSA) is 54.3 Å². The molecule has 3 rings (SSSR count). The molecule has 1 aliphatic rings. The number of nitrogens with zero attached hydrogens (tertiary/aromatic N) is 1. The lowest BCUT2D eigenvalue weighted by Crippen LogP contribution is -2.16. The molecule has 1 aromatic carbocycles. The van der Waals surface area contributed by atoms with Crippen LogP contribution in [0.1, 0.15) is 34.9 Å². The van der Waals surface area contributed by atoms with E-state index in [9.17, 15) is 9.90 Å². The predicted octanol–water partition coefficient (Wildman–Crippen LogP) is 3.09. The number of anilines is 1. The van der Waals surface area contributed by atoms with Crippen LogP contribution in [0.2, 0.25) is 0 Å². The van der Waals surface area contributed by atoms with E-state index in [-0.39, 0.29) is 11.7 Å². The van der Waals surface area contributed by atoms with Crippen LogP contribution < -0.4 is 5.32 Å². The summed E-state index contributed by atoms with van der Waals surface area (Å²) in [6, 6.07) is 9.31. The highest BCUT2D eigenvalue weighted by atomic mass is 16.3. The first-order chi connectivity index (χ1) is 9.16. The molecule has 0 radical (unpaired) electrons. The van der Waals surface area contributed by atoms with Gasteiger partial charge in [0.15, 0.2) is 0 Å². The number of phenols is 1. The fraction of sp³-hybridized carbons (Fsp3) is 0.267. The Bertz CT molecular complexity index is 627. The van der Waals surface area contributed by atoms with Gasteiger partial charge in [0.1, 0.15) is 11.4 Å². The van der Waals surface area contributed by atoms with Gasteiger partial charge in [-0.25, -0.2) is 0 Å². The van der Waals surface area contributed by atoms with E-state index in [4.69, 9.17) is 0 Å². The van der Waals surface area contributed by atoms with Crippen LogP contribution in [0.4, 0.5) is 5.69 Å². The number of aromatic hydroxyl groups is 1. The number of rotatable bonds is 3. The molecule has 4 heteroatoms. The maximum absolute atomic E-state index is 12.3. The second kappa shape index (κ2) is 4.46. The fourth-order valence-electron chi connectivity index (χ4n) is 2.20. The SMILES string of the molecule is Cc1c(O)cccc1NC(=O)c1cccn1C1CC1. The second-order valence-electron chi connectivity index (χ2n) is 4.94. The summed E-state index contributed by atoms with van der Waals surface area (Å²) < 4.78 is 2.02. The van der Waals surface area contributed by atoms with Gasteiger partial charge in [0.25, 0.3) is 5.91 Å². The van der Waals surface area contributed by atoms with Crippen molar-refractivity contribution in [2.75, 3.05) is 5.32 Å². The van der Waals surface area contributed by atoms with Crippen molar-refractivity contribution in [3.8, 4) is 5.75 Å². The van der Waals surface area contributed by atoms with Crippen molar-refractivity contribution in [3.63, 3.8) is 0 Å². The molecule has 0 aliphatic heterocycles. The van der Waals surface area contributed by atoms with Gasteiger partial charge in [0.05, 0.1) is 0 Å². The Kier molecular flexibility index (Phi) is 2.78. The summed E-state index contributed by atoms with van der Waals surface area (Å²) in [7, 11) is 0. The van der Waals surface area contributed by atoms with Crippen LogP contribution in [-0.4, -0.2) is 15.6 Å². The zero-order valence-corrected chi connectivity index (χ0v) is 10.8. The van der Waals surface area contributed by atoms with Crippen molar-refractivity contribution >= 4 is 11.6 Å². The van der Waals surface area contributed by atoms with Crippen LogP contribution in [-0.2, 0) is 0 Å². The molecule has 2 N–H and O–H groups in total. The van der Waals surface area contributed by atoms with Gasteiger partial charge in [-0.1, -0.05) is 6.07 Å². The average molecular weight is 256 g/mol. The highest BCUT2D eigenvalue weighted by Gasteiger charge is 2.26. The van der Waals surface area contributed by atoms with E-state index in [1.165, 1.54) is 0 Å². The second-order valence-corrected chi connectivity index (χ2v) is 4.94. The van der Waals surface area contributed by atoms with Crippen molar-refractivity contribution in [3.05, 3.63) is 47.8 Å². The van der Waals surface area contributed by atoms with E-state index in [1.807, 2.05) is 22.9 Å². The first-order valence-electron chi connectivity index (χ1n) is 6.43. The molecule has 0 atom stereocenters. The Morgan fingerprint density at radius 2 is 2.11 bits per heavy atom. The molecular formula is C15H16N2O2. The van der Waals surface area contributed by atoms with Crippen molar-refractivity contribution in [2.24, 2.45) is 0 Å². The first-order valence-corrected chi connectivity index (χ1v) is 6.43. The fourth-order valence-corrected chi connectivity index (χ4v) is 2.20. The van der Waals surface area contributed by atoms with Crippen LogP contribution >= 0.6 is 0 Å². The zero-order valence-electron chi connectivity index (χ0n) is 10.8. The molecule has 1 heterocycles. The summed E-state index contributed by atoms with van der Waals surface area (Å²) in [5, 5.41) is 12.5. The number of hydrogen-bond acceptors (Lipinski definition) is 2. The minimum atomic E-state index is -0.134. The Labute approximate surface area is 111 Å². The summed E-state index contributed by atoms with van der Waals surface area (Å²) in [4.78, 5) is 12.3. The van der Waals surface area contributed by atoms with Crippen LogP contribution in [0.5, 0.6) is 5.75 Å². The molecular weight excluding hydrogens is 240 g/mol. The highest BCUT2D eigenvalue weighted by Crippen LogP contribution is 2.36. The maximum Gasteiger partial charge on any atom is 0.272 e. The predicted molar refractivity (Wildman–Crippen MR) is 73.5 cm³/mol. The molecule has 1 saturated carbocycles. The Morgan fingerprint density at radius 3 is 2.84 bits per heavy atom. The Morgan fingerprint density at radius 1 is 1.32 bits per heavy atom. The minimum absolute atomic E-state index is 0.134. The lowest BCUT2D eigenvalue weighted by atomic mass is 10.2. The lowest BCUT2D eigenvalue weighted by molar-refractivity contribution is 0.101. The zero-order chi connectivity index (χ0) is 13.4. The number of hydrogen-bond donors (Lipinski definition) is 2. The Hall–Kier alpha value is -2.23. The monoisotopic (exact) mass is 256 g/mol. The third-order valence-electron chi connectivity index (χ3n) is 3.51. The number of carbonyl (C=O) groups excluding carboxylic acids is 1. The third-order valence-corrected chi connectivity index (χ3v) is 3.51. The van der Waals surface area contributed by atoms with Gasteiger partial charge in [-0.3, -0.25) is 4.79 Å². The molecule has 4 nitrogen and oxygen atoms in total. The van der Waals surface area contributed by atoms with Crippen LogP contribution in [0.3, 0.4) is 0 Å². The van der Waals surface area contributed by atoms with Gasteiger partial charge in [-0.15, -0.1) is 0 Å². The summed E-state index contributed by atoms with van der Waals surface area (Å²) in [5.74, 6) is 0.0565. The maximum atomic E-state index is 12.3. The number of aromatic nitrogens is 1. The molecule has 0 saturated heterocycles. The number of carbonyl (C=O) groups is 1. The van der Waals surface area contributed by atoms with Crippen molar-refractivity contribution in [2.45, 2.75) is 25.8 Å². The highest BCUT2D eigenvalue weighted by molar-refractivity contribution is 6.03. The summed E-state index contributed by atoms with van der Waals surface area (Å²) in [5.41, 5.74) is 2.00. The molecule has 1 aromatic heterocycles. The van der Waals surface area contributed by atoms with E-state index in [0.29, 0.717) is 23.0 Å². The molecule has 1 fully saturated rings. The number of phenolic OH excluding ortho intramolecular Hbond substituents is 1. The van der Waals surface area contributed by atoms with E-state index in [1.54, 1.807) is 25.1 Å². The largest absolute Gasteiger partial charge is 0.508 e. The standard InChI is InChI=1S/C15H16N2O2/c1-10-12(4-2-6-14(10)18)16-15(19)13-5-3-9-17(13)11-7-8-11/h2-6,9,11,18H,7-8H2,1H3,(H,16,19). The van der Waals surface area contributed by atoms with Gasteiger partial charge in [0.2, 0.25) is 0 Å². The van der Waals surface area contributed by atoms with Gasteiger partial charge < -0.3 is 15.0 Å². The molecule has 0 bridgehead atoms. The molecule has 98 valence electrons. The van der Waals surface area contributed by atoms with E-state index in [0.717, 1.165) is 12.8 Å².